The summed E-state index contributed by atoms with van der Waals surface area (Å²) >= 11 is 0. The first-order valence-corrected chi connectivity index (χ1v) is 11.1. The Bertz CT molecular complexity index is 926. The molecule has 2 aromatic rings. The van der Waals surface area contributed by atoms with E-state index >= 15 is 0 Å². The number of carbonyl (C=O) groups is 2. The lowest BCUT2D eigenvalue weighted by molar-refractivity contribution is -0.148. The first kappa shape index (κ1) is 21.6. The highest BCUT2D eigenvalue weighted by molar-refractivity contribution is 5.87. The van der Waals surface area contributed by atoms with Gasteiger partial charge in [-0.15, -0.1) is 0 Å². The van der Waals surface area contributed by atoms with E-state index in [9.17, 15) is 9.59 Å². The fraction of sp³-hybridized carbons (Fsp3) is 0.542. The fourth-order valence-corrected chi connectivity index (χ4v) is 5.26. The summed E-state index contributed by atoms with van der Waals surface area (Å²) in [6.45, 7) is 6.53. The number of rotatable bonds is 6. The van der Waals surface area contributed by atoms with Gasteiger partial charge in [0.2, 0.25) is 11.8 Å². The molecule has 0 saturated carbocycles. The van der Waals surface area contributed by atoms with E-state index in [1.165, 1.54) is 7.11 Å². The van der Waals surface area contributed by atoms with Crippen LogP contribution in [-0.4, -0.2) is 64.7 Å². The third-order valence-corrected chi connectivity index (χ3v) is 6.69. The molecule has 1 spiro atoms. The quantitative estimate of drug-likeness (QED) is 0.715. The highest BCUT2D eigenvalue weighted by atomic mass is 16.5. The van der Waals surface area contributed by atoms with Crippen LogP contribution in [0.3, 0.4) is 0 Å². The van der Waals surface area contributed by atoms with Gasteiger partial charge < -0.3 is 14.5 Å². The number of nitrogens with zero attached hydrogens (tertiary/aromatic N) is 4. The summed E-state index contributed by atoms with van der Waals surface area (Å²) in [7, 11) is 1.53. The molecule has 0 aliphatic carbocycles. The first-order valence-electron chi connectivity index (χ1n) is 11.1. The Kier molecular flexibility index (Phi) is 6.14. The van der Waals surface area contributed by atoms with Crippen LogP contribution in [0, 0.1) is 5.41 Å². The minimum Gasteiger partial charge on any atom is -0.375 e. The maximum atomic E-state index is 14.0. The first-order chi connectivity index (χ1) is 15.0. The summed E-state index contributed by atoms with van der Waals surface area (Å²) in [6.07, 6.45) is 3.51. The molecule has 166 valence electrons. The molecule has 0 N–H and O–H groups in total. The van der Waals surface area contributed by atoms with Crippen molar-refractivity contribution in [1.82, 2.24) is 19.6 Å². The van der Waals surface area contributed by atoms with Crippen molar-refractivity contribution in [3.63, 3.8) is 0 Å². The average molecular weight is 425 g/mol. The van der Waals surface area contributed by atoms with Crippen LogP contribution in [0.1, 0.15) is 49.9 Å². The third kappa shape index (κ3) is 3.99. The van der Waals surface area contributed by atoms with Crippen LogP contribution >= 0.6 is 0 Å². The summed E-state index contributed by atoms with van der Waals surface area (Å²) in [5.41, 5.74) is 1.54. The van der Waals surface area contributed by atoms with E-state index in [1.54, 1.807) is 6.20 Å². The number of hydrogen-bond donors (Lipinski definition) is 0. The van der Waals surface area contributed by atoms with Crippen molar-refractivity contribution >= 4 is 11.8 Å². The minimum atomic E-state index is -0.622. The zero-order valence-electron chi connectivity index (χ0n) is 18.7. The molecule has 2 atom stereocenters. The van der Waals surface area contributed by atoms with Gasteiger partial charge in [0.05, 0.1) is 5.41 Å². The molecule has 2 fully saturated rings. The lowest BCUT2D eigenvalue weighted by Gasteiger charge is -2.42. The van der Waals surface area contributed by atoms with Gasteiger partial charge >= 0.3 is 0 Å². The molecule has 1 aromatic heterocycles. The number of carbonyl (C=O) groups excluding carboxylic acids is 2. The Morgan fingerprint density at radius 1 is 1.26 bits per heavy atom. The van der Waals surface area contributed by atoms with Crippen molar-refractivity contribution in [2.45, 2.75) is 45.2 Å². The van der Waals surface area contributed by atoms with Crippen LogP contribution in [-0.2, 0) is 20.9 Å². The molecule has 0 radical (unpaired) electrons. The number of benzene rings is 1. The predicted octanol–water partition coefficient (Wildman–Crippen LogP) is 2.85. The maximum absolute atomic E-state index is 14.0. The smallest absolute Gasteiger partial charge is 0.248 e. The molecule has 4 rings (SSSR count). The molecule has 1 aromatic carbocycles. The van der Waals surface area contributed by atoms with E-state index in [1.807, 2.05) is 38.7 Å². The van der Waals surface area contributed by atoms with Gasteiger partial charge in [-0.3, -0.25) is 14.3 Å². The third-order valence-electron chi connectivity index (χ3n) is 6.69. The van der Waals surface area contributed by atoms with Gasteiger partial charge in [0.15, 0.2) is 0 Å². The number of piperidine rings is 1. The van der Waals surface area contributed by atoms with Crippen LogP contribution in [0.5, 0.6) is 0 Å². The van der Waals surface area contributed by atoms with Crippen LogP contribution < -0.4 is 0 Å². The molecule has 2 aliphatic rings. The summed E-state index contributed by atoms with van der Waals surface area (Å²) < 4.78 is 7.10. The molecule has 7 heteroatoms. The summed E-state index contributed by atoms with van der Waals surface area (Å²) in [5, 5.41) is 4.52. The van der Waals surface area contributed by atoms with Crippen LogP contribution in [0.2, 0.25) is 0 Å². The Labute approximate surface area is 184 Å². The Morgan fingerprint density at radius 3 is 2.74 bits per heavy atom. The van der Waals surface area contributed by atoms with Crippen molar-refractivity contribution in [3.8, 4) is 0 Å². The number of aromatic nitrogens is 2. The summed E-state index contributed by atoms with van der Waals surface area (Å²) in [4.78, 5) is 30.5. The van der Waals surface area contributed by atoms with Gasteiger partial charge in [0, 0.05) is 57.1 Å². The topological polar surface area (TPSA) is 67.7 Å². The Morgan fingerprint density at radius 2 is 2.03 bits per heavy atom. The van der Waals surface area contributed by atoms with Crippen molar-refractivity contribution in [2.75, 3.05) is 33.4 Å². The summed E-state index contributed by atoms with van der Waals surface area (Å²) in [6, 6.07) is 12.3. The number of likely N-dealkylation sites (tertiary alicyclic amines) is 2. The van der Waals surface area contributed by atoms with E-state index in [0.29, 0.717) is 19.6 Å². The van der Waals surface area contributed by atoms with E-state index in [2.05, 4.69) is 31.1 Å². The van der Waals surface area contributed by atoms with Crippen molar-refractivity contribution in [1.29, 1.82) is 0 Å². The number of hydrogen-bond acceptors (Lipinski definition) is 4. The van der Waals surface area contributed by atoms with E-state index in [-0.39, 0.29) is 30.4 Å². The highest BCUT2D eigenvalue weighted by Crippen LogP contribution is 2.50. The van der Waals surface area contributed by atoms with Gasteiger partial charge in [0.25, 0.3) is 0 Å². The molecule has 0 unspecified atom stereocenters. The van der Waals surface area contributed by atoms with Gasteiger partial charge in [-0.05, 0) is 38.3 Å². The van der Waals surface area contributed by atoms with Gasteiger partial charge in [-0.2, -0.15) is 5.10 Å². The molecule has 2 aliphatic heterocycles. The largest absolute Gasteiger partial charge is 0.375 e. The number of amides is 2. The van der Waals surface area contributed by atoms with Crippen LogP contribution in [0.25, 0.3) is 0 Å². The fourth-order valence-electron chi connectivity index (χ4n) is 5.26. The molecule has 7 nitrogen and oxygen atoms in total. The standard InChI is InChI=1S/C24H32N4O3/c1-18(2)28-21(10-12-25-28)20-15-27(22(29)16-31-3)17-24(20)11-7-13-26(23(24)30)14-19-8-5-4-6-9-19/h4-6,8-10,12,18,20H,7,11,13-17H2,1-3H3/t20-,24+/m0/s1. The van der Waals surface area contributed by atoms with Gasteiger partial charge in [0.1, 0.15) is 6.61 Å². The molecule has 3 heterocycles. The average Bonchev–Trinajstić information content (AvgIpc) is 3.38. The molecule has 0 bridgehead atoms. The second kappa shape index (κ2) is 8.83. The van der Waals surface area contributed by atoms with E-state index < -0.39 is 5.41 Å². The van der Waals surface area contributed by atoms with Crippen molar-refractivity contribution < 1.29 is 14.3 Å². The van der Waals surface area contributed by atoms with Gasteiger partial charge in [-0.25, -0.2) is 0 Å². The van der Waals surface area contributed by atoms with Crippen molar-refractivity contribution in [2.24, 2.45) is 5.41 Å². The van der Waals surface area contributed by atoms with Crippen LogP contribution in [0.4, 0.5) is 0 Å². The lowest BCUT2D eigenvalue weighted by atomic mass is 9.70. The van der Waals surface area contributed by atoms with Crippen LogP contribution in [0.15, 0.2) is 42.6 Å². The second-order valence-electron chi connectivity index (χ2n) is 9.03. The van der Waals surface area contributed by atoms with E-state index in [0.717, 1.165) is 30.6 Å². The molecule has 2 amide bonds. The van der Waals surface area contributed by atoms with Gasteiger partial charge in [-0.1, -0.05) is 30.3 Å². The monoisotopic (exact) mass is 424 g/mol. The summed E-state index contributed by atoms with van der Waals surface area (Å²) in [5.74, 6) is 0.00840. The maximum Gasteiger partial charge on any atom is 0.248 e. The number of ether oxygens (including phenoxy) is 1. The lowest BCUT2D eigenvalue weighted by Crippen LogP contribution is -2.52. The molecule has 2 saturated heterocycles. The molecular weight excluding hydrogens is 392 g/mol. The number of methoxy groups -OCH3 is 1. The van der Waals surface area contributed by atoms with E-state index in [4.69, 9.17) is 4.74 Å². The Balaban J connectivity index is 1.69. The zero-order chi connectivity index (χ0) is 22.0. The minimum absolute atomic E-state index is 0.0359. The Hall–Kier alpha value is -2.67. The SMILES string of the molecule is COCC(=O)N1C[C@@H](c2ccnn2C(C)C)[C@@]2(CCCN(Cc3ccccc3)C2=O)C1. The normalized spacial score (nSPS) is 23.9. The zero-order valence-corrected chi connectivity index (χ0v) is 18.7. The second-order valence-corrected chi connectivity index (χ2v) is 9.03. The molecule has 31 heavy (non-hydrogen) atoms. The molecular formula is C24H32N4O3. The highest BCUT2D eigenvalue weighted by Gasteiger charge is 2.57. The van der Waals surface area contributed by atoms with Crippen molar-refractivity contribution in [3.05, 3.63) is 53.9 Å². The predicted molar refractivity (Wildman–Crippen MR) is 117 cm³/mol.